The fourth-order valence-electron chi connectivity index (χ4n) is 3.42. The maximum absolute atomic E-state index is 12.7. The molecule has 0 saturated carbocycles. The van der Waals surface area contributed by atoms with Gasteiger partial charge < -0.3 is 14.4 Å². The van der Waals surface area contributed by atoms with Crippen LogP contribution in [0.1, 0.15) is 28.8 Å². The van der Waals surface area contributed by atoms with Crippen LogP contribution in [0.4, 0.5) is 0 Å². The third kappa shape index (κ3) is 4.03. The summed E-state index contributed by atoms with van der Waals surface area (Å²) in [6.07, 6.45) is 0.978. The lowest BCUT2D eigenvalue weighted by Gasteiger charge is -2.30. The number of hydrogen-bond donors (Lipinski definition) is 1. The zero-order valence-corrected chi connectivity index (χ0v) is 16.0. The molecule has 1 saturated heterocycles. The highest BCUT2D eigenvalue weighted by Gasteiger charge is 2.27. The summed E-state index contributed by atoms with van der Waals surface area (Å²) in [5.41, 5.74) is 3.30. The van der Waals surface area contributed by atoms with Gasteiger partial charge in [0.2, 0.25) is 11.8 Å². The highest BCUT2D eigenvalue weighted by Crippen LogP contribution is 2.25. The highest BCUT2D eigenvalue weighted by molar-refractivity contribution is 5.94. The second-order valence-electron chi connectivity index (χ2n) is 7.26. The molecule has 148 valence electrons. The van der Waals surface area contributed by atoms with Crippen LogP contribution >= 0.6 is 0 Å². The molecule has 2 heterocycles. The molecule has 1 amide bonds. The van der Waals surface area contributed by atoms with E-state index in [1.165, 1.54) is 0 Å². The van der Waals surface area contributed by atoms with Gasteiger partial charge >= 0.3 is 5.97 Å². The number of amides is 1. The normalized spacial score (nSPS) is 14.7. The molecule has 0 radical (unpaired) electrons. The first kappa shape index (κ1) is 18.9. The van der Waals surface area contributed by atoms with Gasteiger partial charge in [0.1, 0.15) is 0 Å². The lowest BCUT2D eigenvalue weighted by Crippen LogP contribution is -2.40. The maximum atomic E-state index is 12.7. The molecule has 29 heavy (non-hydrogen) atoms. The molecule has 1 aliphatic rings. The molecule has 0 aliphatic carbocycles. The Bertz CT molecular complexity index is 1020. The molecule has 0 atom stereocenters. The Morgan fingerprint density at radius 1 is 0.931 bits per heavy atom. The van der Waals surface area contributed by atoms with Crippen LogP contribution in [0.3, 0.4) is 0 Å². The molecule has 4 rings (SSSR count). The average Bonchev–Trinajstić information content (AvgIpc) is 3.24. The predicted octanol–water partition coefficient (Wildman–Crippen LogP) is 3.65. The van der Waals surface area contributed by atoms with Crippen molar-refractivity contribution in [3.8, 4) is 22.9 Å². The summed E-state index contributed by atoms with van der Waals surface area (Å²) in [4.78, 5) is 25.4. The second kappa shape index (κ2) is 7.87. The van der Waals surface area contributed by atoms with Crippen molar-refractivity contribution in [3.05, 3.63) is 59.7 Å². The summed E-state index contributed by atoms with van der Waals surface area (Å²) < 4.78 is 5.77. The van der Waals surface area contributed by atoms with Crippen LogP contribution in [-0.4, -0.2) is 45.2 Å². The molecule has 7 nitrogen and oxygen atoms in total. The van der Waals surface area contributed by atoms with E-state index in [0.717, 1.165) is 16.7 Å². The molecule has 1 N–H and O–H groups in total. The van der Waals surface area contributed by atoms with E-state index in [0.29, 0.717) is 43.3 Å². The number of carbonyl (C=O) groups is 2. The van der Waals surface area contributed by atoms with Crippen molar-refractivity contribution in [2.45, 2.75) is 19.8 Å². The number of nitrogens with zero attached hydrogens (tertiary/aromatic N) is 3. The quantitative estimate of drug-likeness (QED) is 0.729. The molecule has 0 spiro atoms. The number of piperidine rings is 1. The maximum Gasteiger partial charge on any atom is 0.306 e. The molecular formula is C22H21N3O4. The van der Waals surface area contributed by atoms with Gasteiger partial charge in [-0.2, -0.15) is 0 Å². The van der Waals surface area contributed by atoms with Gasteiger partial charge in [0.05, 0.1) is 5.92 Å². The zero-order valence-electron chi connectivity index (χ0n) is 16.0. The number of aromatic nitrogens is 2. The SMILES string of the molecule is Cc1ccc(-c2nnc(-c3ccc(C(=O)N4CCC(C(=O)O)CC4)cc3)o2)cc1. The number of rotatable bonds is 4. The van der Waals surface area contributed by atoms with E-state index in [-0.39, 0.29) is 11.8 Å². The van der Waals surface area contributed by atoms with Crippen molar-refractivity contribution >= 4 is 11.9 Å². The van der Waals surface area contributed by atoms with Crippen molar-refractivity contribution in [1.29, 1.82) is 0 Å². The van der Waals surface area contributed by atoms with Gasteiger partial charge in [-0.1, -0.05) is 17.7 Å². The van der Waals surface area contributed by atoms with Crippen LogP contribution in [-0.2, 0) is 4.79 Å². The summed E-state index contributed by atoms with van der Waals surface area (Å²) >= 11 is 0. The first-order chi connectivity index (χ1) is 14.0. The predicted molar refractivity (Wildman–Crippen MR) is 106 cm³/mol. The average molecular weight is 391 g/mol. The number of hydrogen-bond acceptors (Lipinski definition) is 5. The van der Waals surface area contributed by atoms with Crippen LogP contribution in [0, 0.1) is 12.8 Å². The molecular weight excluding hydrogens is 370 g/mol. The Labute approximate surface area is 168 Å². The molecule has 2 aromatic carbocycles. The minimum atomic E-state index is -0.786. The van der Waals surface area contributed by atoms with Crippen molar-refractivity contribution < 1.29 is 19.1 Å². The van der Waals surface area contributed by atoms with Crippen molar-refractivity contribution in [2.24, 2.45) is 5.92 Å². The number of likely N-dealkylation sites (tertiary alicyclic amines) is 1. The number of benzene rings is 2. The topological polar surface area (TPSA) is 96.5 Å². The van der Waals surface area contributed by atoms with E-state index in [4.69, 9.17) is 9.52 Å². The standard InChI is InChI=1S/C22H21N3O4/c1-14-2-4-15(5-3-14)19-23-24-20(29-19)16-6-8-17(9-7-16)21(26)25-12-10-18(11-13-25)22(27)28/h2-9,18H,10-13H2,1H3,(H,27,28). The van der Waals surface area contributed by atoms with Crippen LogP contribution in [0.5, 0.6) is 0 Å². The van der Waals surface area contributed by atoms with Crippen LogP contribution < -0.4 is 0 Å². The van der Waals surface area contributed by atoms with E-state index < -0.39 is 5.97 Å². The summed E-state index contributed by atoms with van der Waals surface area (Å²) in [5.74, 6) is -0.401. The molecule has 0 unspecified atom stereocenters. The molecule has 7 heteroatoms. The van der Waals surface area contributed by atoms with Gasteiger partial charge in [-0.15, -0.1) is 10.2 Å². The third-order valence-electron chi connectivity index (χ3n) is 5.23. The fraction of sp³-hybridized carbons (Fsp3) is 0.273. The smallest absolute Gasteiger partial charge is 0.306 e. The first-order valence-electron chi connectivity index (χ1n) is 9.54. The summed E-state index contributed by atoms with van der Waals surface area (Å²) in [6.45, 7) is 2.93. The molecule has 0 bridgehead atoms. The van der Waals surface area contributed by atoms with Gasteiger partial charge in [0.25, 0.3) is 5.91 Å². The van der Waals surface area contributed by atoms with E-state index in [1.54, 1.807) is 29.2 Å². The molecule has 3 aromatic rings. The number of carbonyl (C=O) groups excluding carboxylic acids is 1. The fourth-order valence-corrected chi connectivity index (χ4v) is 3.42. The number of aliphatic carboxylic acids is 1. The third-order valence-corrected chi connectivity index (χ3v) is 5.23. The van der Waals surface area contributed by atoms with Crippen LogP contribution in [0.15, 0.2) is 52.9 Å². The Morgan fingerprint density at radius 3 is 1.97 bits per heavy atom. The molecule has 1 aromatic heterocycles. The highest BCUT2D eigenvalue weighted by atomic mass is 16.4. The van der Waals surface area contributed by atoms with Crippen molar-refractivity contribution in [2.75, 3.05) is 13.1 Å². The lowest BCUT2D eigenvalue weighted by molar-refractivity contribution is -0.143. The van der Waals surface area contributed by atoms with Crippen molar-refractivity contribution in [1.82, 2.24) is 15.1 Å². The second-order valence-corrected chi connectivity index (χ2v) is 7.26. The Morgan fingerprint density at radius 2 is 1.45 bits per heavy atom. The van der Waals surface area contributed by atoms with Crippen LogP contribution in [0.25, 0.3) is 22.9 Å². The van der Waals surface area contributed by atoms with Crippen LogP contribution in [0.2, 0.25) is 0 Å². The monoisotopic (exact) mass is 391 g/mol. The Kier molecular flexibility index (Phi) is 5.12. The number of carboxylic acids is 1. The van der Waals surface area contributed by atoms with Gasteiger partial charge in [-0.3, -0.25) is 9.59 Å². The van der Waals surface area contributed by atoms with E-state index in [1.807, 2.05) is 31.2 Å². The van der Waals surface area contributed by atoms with E-state index in [2.05, 4.69) is 10.2 Å². The Hall–Kier alpha value is -3.48. The van der Waals surface area contributed by atoms with Crippen molar-refractivity contribution in [3.63, 3.8) is 0 Å². The summed E-state index contributed by atoms with van der Waals surface area (Å²) in [6, 6.07) is 14.9. The Balaban J connectivity index is 1.45. The summed E-state index contributed by atoms with van der Waals surface area (Å²) in [7, 11) is 0. The van der Waals surface area contributed by atoms with E-state index in [9.17, 15) is 9.59 Å². The molecule has 1 aliphatic heterocycles. The number of carboxylic acid groups (broad SMARTS) is 1. The van der Waals surface area contributed by atoms with Gasteiger partial charge in [0.15, 0.2) is 0 Å². The minimum absolute atomic E-state index is 0.0914. The minimum Gasteiger partial charge on any atom is -0.481 e. The van der Waals surface area contributed by atoms with Gasteiger partial charge in [0, 0.05) is 29.8 Å². The first-order valence-corrected chi connectivity index (χ1v) is 9.54. The largest absolute Gasteiger partial charge is 0.481 e. The van der Waals surface area contributed by atoms with Gasteiger partial charge in [-0.25, -0.2) is 0 Å². The zero-order chi connectivity index (χ0) is 20.4. The van der Waals surface area contributed by atoms with E-state index >= 15 is 0 Å². The lowest BCUT2D eigenvalue weighted by atomic mass is 9.96. The number of aryl methyl sites for hydroxylation is 1. The van der Waals surface area contributed by atoms with Gasteiger partial charge in [-0.05, 0) is 56.2 Å². The summed E-state index contributed by atoms with van der Waals surface area (Å²) in [5, 5.41) is 17.3. The molecule has 1 fully saturated rings.